The van der Waals surface area contributed by atoms with Crippen molar-refractivity contribution < 1.29 is 10.3 Å². The Morgan fingerprint density at radius 1 is 1.27 bits per heavy atom. The number of hydrogen-bond acceptors (Lipinski definition) is 4. The van der Waals surface area contributed by atoms with E-state index in [-0.39, 0.29) is 0 Å². The first-order valence-corrected chi connectivity index (χ1v) is 5.78. The Kier molecular flexibility index (Phi) is 4.54. The molecule has 1 heterocycles. The zero-order valence-electron chi connectivity index (χ0n) is 9.74. The third-order valence-corrected chi connectivity index (χ3v) is 3.41. The van der Waals surface area contributed by atoms with Gasteiger partial charge in [-0.2, -0.15) is 0 Å². The van der Waals surface area contributed by atoms with Crippen molar-refractivity contribution in [2.24, 2.45) is 5.16 Å². The fourth-order valence-electron chi connectivity index (χ4n) is 1.96. The fraction of sp³-hybridized carbons (Fsp3) is 0.909. The van der Waals surface area contributed by atoms with Crippen LogP contribution in [0.4, 0.5) is 0 Å². The van der Waals surface area contributed by atoms with Crippen LogP contribution in [0.25, 0.3) is 0 Å². The lowest BCUT2D eigenvalue weighted by atomic mass is 9.95. The van der Waals surface area contributed by atoms with E-state index in [1.165, 1.54) is 0 Å². The van der Waals surface area contributed by atoms with E-state index in [4.69, 9.17) is 5.21 Å². The van der Waals surface area contributed by atoms with Crippen LogP contribution in [-0.2, 0) is 0 Å². The third-order valence-electron chi connectivity index (χ3n) is 3.41. The van der Waals surface area contributed by atoms with Crippen LogP contribution in [0.3, 0.4) is 0 Å². The highest BCUT2D eigenvalue weighted by Crippen LogP contribution is 2.18. The Balaban J connectivity index is 2.41. The van der Waals surface area contributed by atoms with Crippen molar-refractivity contribution in [1.82, 2.24) is 4.90 Å². The van der Waals surface area contributed by atoms with Crippen LogP contribution in [0.1, 0.15) is 39.5 Å². The maximum absolute atomic E-state index is 10.2. The van der Waals surface area contributed by atoms with E-state index in [9.17, 15) is 5.11 Å². The number of oxime groups is 1. The first kappa shape index (κ1) is 12.5. The van der Waals surface area contributed by atoms with Crippen molar-refractivity contribution in [2.45, 2.75) is 45.1 Å². The molecule has 0 aromatic heterocycles. The van der Waals surface area contributed by atoms with Gasteiger partial charge in [-0.25, -0.2) is 0 Å². The van der Waals surface area contributed by atoms with Gasteiger partial charge in [-0.05, 0) is 12.8 Å². The quantitative estimate of drug-likeness (QED) is 0.550. The molecule has 4 heteroatoms. The van der Waals surface area contributed by atoms with Crippen LogP contribution >= 0.6 is 0 Å². The average molecular weight is 214 g/mol. The van der Waals surface area contributed by atoms with E-state index in [0.717, 1.165) is 51.0 Å². The second-order valence-corrected chi connectivity index (χ2v) is 4.37. The lowest BCUT2D eigenvalue weighted by Gasteiger charge is -2.35. The van der Waals surface area contributed by atoms with Crippen molar-refractivity contribution in [2.75, 3.05) is 19.6 Å². The summed E-state index contributed by atoms with van der Waals surface area (Å²) in [5.74, 6) is 0. The van der Waals surface area contributed by atoms with Crippen molar-refractivity contribution in [3.63, 3.8) is 0 Å². The smallest absolute Gasteiger partial charge is 0.0768 e. The second-order valence-electron chi connectivity index (χ2n) is 4.37. The first-order valence-electron chi connectivity index (χ1n) is 5.78. The summed E-state index contributed by atoms with van der Waals surface area (Å²) < 4.78 is 0. The molecule has 0 amide bonds. The molecule has 0 saturated carbocycles. The molecule has 88 valence electrons. The molecule has 1 rings (SSSR count). The summed E-state index contributed by atoms with van der Waals surface area (Å²) in [6.45, 7) is 6.56. The molecule has 1 saturated heterocycles. The van der Waals surface area contributed by atoms with E-state index in [0.29, 0.717) is 0 Å². The molecule has 1 aliphatic rings. The highest BCUT2D eigenvalue weighted by molar-refractivity contribution is 5.84. The molecule has 4 nitrogen and oxygen atoms in total. The van der Waals surface area contributed by atoms with Gasteiger partial charge in [0.1, 0.15) is 0 Å². The SMILES string of the molecule is CCC(O)(CC)CN1CCC(=NO)CC1. The summed E-state index contributed by atoms with van der Waals surface area (Å²) in [6, 6.07) is 0. The van der Waals surface area contributed by atoms with Gasteiger partial charge in [-0.3, -0.25) is 4.90 Å². The minimum Gasteiger partial charge on any atom is -0.411 e. The van der Waals surface area contributed by atoms with Crippen LogP contribution in [0.15, 0.2) is 5.16 Å². The van der Waals surface area contributed by atoms with Crippen molar-refractivity contribution >= 4 is 5.71 Å². The number of piperidine rings is 1. The van der Waals surface area contributed by atoms with Gasteiger partial charge in [0, 0.05) is 32.5 Å². The van der Waals surface area contributed by atoms with Gasteiger partial charge in [0.15, 0.2) is 0 Å². The third kappa shape index (κ3) is 3.47. The van der Waals surface area contributed by atoms with Crippen LogP contribution in [0.5, 0.6) is 0 Å². The number of likely N-dealkylation sites (tertiary alicyclic amines) is 1. The van der Waals surface area contributed by atoms with E-state index in [1.54, 1.807) is 0 Å². The zero-order valence-corrected chi connectivity index (χ0v) is 9.74. The molecule has 0 unspecified atom stereocenters. The Bertz CT molecular complexity index is 215. The van der Waals surface area contributed by atoms with Gasteiger partial charge in [0.25, 0.3) is 0 Å². The second kappa shape index (κ2) is 5.47. The molecule has 2 N–H and O–H groups in total. The molecule has 0 atom stereocenters. The van der Waals surface area contributed by atoms with Crippen LogP contribution in [0, 0.1) is 0 Å². The number of hydrogen-bond donors (Lipinski definition) is 2. The summed E-state index contributed by atoms with van der Waals surface area (Å²) in [5, 5.41) is 22.1. The molecular formula is C11H22N2O2. The molecule has 15 heavy (non-hydrogen) atoms. The van der Waals surface area contributed by atoms with Gasteiger partial charge < -0.3 is 10.3 Å². The highest BCUT2D eigenvalue weighted by atomic mass is 16.4. The Hall–Kier alpha value is -0.610. The monoisotopic (exact) mass is 214 g/mol. The predicted molar refractivity (Wildman–Crippen MR) is 60.4 cm³/mol. The lowest BCUT2D eigenvalue weighted by molar-refractivity contribution is -0.00366. The topological polar surface area (TPSA) is 56.1 Å². The summed E-state index contributed by atoms with van der Waals surface area (Å²) in [7, 11) is 0. The van der Waals surface area contributed by atoms with E-state index in [2.05, 4.69) is 10.1 Å². The van der Waals surface area contributed by atoms with E-state index >= 15 is 0 Å². The highest BCUT2D eigenvalue weighted by Gasteiger charge is 2.27. The van der Waals surface area contributed by atoms with Crippen molar-refractivity contribution in [3.05, 3.63) is 0 Å². The largest absolute Gasteiger partial charge is 0.411 e. The number of aliphatic hydroxyl groups is 1. The van der Waals surface area contributed by atoms with Gasteiger partial charge in [0.2, 0.25) is 0 Å². The molecule has 0 aromatic rings. The summed E-state index contributed by atoms with van der Waals surface area (Å²) in [5.41, 5.74) is 0.330. The maximum atomic E-state index is 10.2. The van der Waals surface area contributed by atoms with Crippen LogP contribution in [0.2, 0.25) is 0 Å². The van der Waals surface area contributed by atoms with Gasteiger partial charge >= 0.3 is 0 Å². The minimum absolute atomic E-state index is 0.548. The molecule has 0 aromatic carbocycles. The summed E-state index contributed by atoms with van der Waals surface area (Å²) in [4.78, 5) is 2.25. The fourth-order valence-corrected chi connectivity index (χ4v) is 1.96. The molecular weight excluding hydrogens is 192 g/mol. The lowest BCUT2D eigenvalue weighted by Crippen LogP contribution is -2.45. The average Bonchev–Trinajstić information content (AvgIpc) is 2.30. The Morgan fingerprint density at radius 2 is 1.80 bits per heavy atom. The van der Waals surface area contributed by atoms with E-state index < -0.39 is 5.60 Å². The standard InChI is InChI=1S/C11H22N2O2/c1-3-11(14,4-2)9-13-7-5-10(12-15)6-8-13/h14-15H,3-9H2,1-2H3. The minimum atomic E-state index is -0.548. The Labute approximate surface area is 91.6 Å². The molecule has 0 spiro atoms. The molecule has 1 fully saturated rings. The Morgan fingerprint density at radius 3 is 2.20 bits per heavy atom. The first-order chi connectivity index (χ1) is 7.13. The number of rotatable bonds is 4. The number of nitrogens with zero attached hydrogens (tertiary/aromatic N) is 2. The zero-order chi connectivity index (χ0) is 11.3. The summed E-state index contributed by atoms with van der Waals surface area (Å²) >= 11 is 0. The molecule has 1 aliphatic heterocycles. The van der Waals surface area contributed by atoms with Gasteiger partial charge in [-0.15, -0.1) is 0 Å². The van der Waals surface area contributed by atoms with Crippen LogP contribution < -0.4 is 0 Å². The predicted octanol–water partition coefficient (Wildman–Crippen LogP) is 1.46. The van der Waals surface area contributed by atoms with Crippen molar-refractivity contribution in [1.29, 1.82) is 0 Å². The maximum Gasteiger partial charge on any atom is 0.0768 e. The van der Waals surface area contributed by atoms with Gasteiger partial charge in [-0.1, -0.05) is 19.0 Å². The number of β-amino-alcohol motifs (C(OH)–C–C–N with tert-alkyl or cyclic N) is 1. The van der Waals surface area contributed by atoms with E-state index in [1.807, 2.05) is 13.8 Å². The van der Waals surface area contributed by atoms with Crippen LogP contribution in [-0.4, -0.2) is 46.2 Å². The van der Waals surface area contributed by atoms with Gasteiger partial charge in [0.05, 0.1) is 11.3 Å². The van der Waals surface area contributed by atoms with Crippen molar-refractivity contribution in [3.8, 4) is 0 Å². The molecule has 0 aliphatic carbocycles. The molecule has 0 bridgehead atoms. The summed E-state index contributed by atoms with van der Waals surface area (Å²) in [6.07, 6.45) is 3.22. The normalized spacial score (nSPS) is 19.3. The molecule has 0 radical (unpaired) electrons.